The molecule has 0 spiro atoms. The van der Waals surface area contributed by atoms with E-state index in [2.05, 4.69) is 32.0 Å². The maximum atomic E-state index is 12.1. The third-order valence-electron chi connectivity index (χ3n) is 4.34. The normalized spacial score (nSPS) is 10.7. The van der Waals surface area contributed by atoms with Crippen molar-refractivity contribution in [3.8, 4) is 11.4 Å². The number of nitrogens with zero attached hydrogens (tertiary/aromatic N) is 3. The number of amides is 1. The van der Waals surface area contributed by atoms with Crippen molar-refractivity contribution in [2.45, 2.75) is 32.7 Å². The van der Waals surface area contributed by atoms with E-state index >= 15 is 0 Å². The summed E-state index contributed by atoms with van der Waals surface area (Å²) in [5, 5.41) is 3.01. The molecule has 1 amide bonds. The molecule has 0 aliphatic heterocycles. The zero-order valence-corrected chi connectivity index (χ0v) is 15.1. The number of carbonyl (C=O) groups is 1. The van der Waals surface area contributed by atoms with Crippen LogP contribution in [-0.2, 0) is 17.8 Å². The van der Waals surface area contributed by atoms with Crippen LogP contribution in [0.15, 0.2) is 61.1 Å². The van der Waals surface area contributed by atoms with E-state index in [9.17, 15) is 4.79 Å². The fraction of sp³-hybridized carbons (Fsp3) is 0.286. The number of aromatic nitrogens is 3. The summed E-state index contributed by atoms with van der Waals surface area (Å²) in [6.45, 7) is 3.31. The monoisotopic (exact) mass is 348 g/mol. The first-order valence-electron chi connectivity index (χ1n) is 8.97. The van der Waals surface area contributed by atoms with Gasteiger partial charge in [-0.2, -0.15) is 0 Å². The topological polar surface area (TPSA) is 59.8 Å². The van der Waals surface area contributed by atoms with Gasteiger partial charge in [0.25, 0.3) is 0 Å². The molecular weight excluding hydrogens is 324 g/mol. The Morgan fingerprint density at radius 2 is 1.96 bits per heavy atom. The summed E-state index contributed by atoms with van der Waals surface area (Å²) in [6, 6.07) is 14.2. The molecule has 0 fully saturated rings. The lowest BCUT2D eigenvalue weighted by atomic mass is 10.1. The molecule has 0 saturated heterocycles. The fourth-order valence-electron chi connectivity index (χ4n) is 2.96. The average molecular weight is 348 g/mol. The molecule has 1 N–H and O–H groups in total. The standard InChI is InChI=1S/C21H24N4O/c1-17-15-24-21(19-10-6-12-22-16-19)25(17)14-13-23-20(26)11-5-9-18-7-3-2-4-8-18/h2-4,6-8,10,12,15-16H,5,9,11,13-14H2,1H3,(H,23,26). The molecule has 3 aromatic rings. The van der Waals surface area contributed by atoms with E-state index in [0.717, 1.165) is 29.9 Å². The molecule has 0 unspecified atom stereocenters. The minimum Gasteiger partial charge on any atom is -0.354 e. The van der Waals surface area contributed by atoms with Gasteiger partial charge in [-0.25, -0.2) is 4.98 Å². The maximum Gasteiger partial charge on any atom is 0.220 e. The maximum absolute atomic E-state index is 12.1. The minimum atomic E-state index is 0.0987. The molecule has 0 aliphatic rings. The van der Waals surface area contributed by atoms with Gasteiger partial charge in [-0.3, -0.25) is 9.78 Å². The van der Waals surface area contributed by atoms with Crippen molar-refractivity contribution in [2.24, 2.45) is 0 Å². The highest BCUT2D eigenvalue weighted by molar-refractivity contribution is 5.75. The van der Waals surface area contributed by atoms with Crippen molar-refractivity contribution in [1.82, 2.24) is 19.9 Å². The van der Waals surface area contributed by atoms with E-state index in [-0.39, 0.29) is 5.91 Å². The number of imidazole rings is 1. The van der Waals surface area contributed by atoms with Crippen molar-refractivity contribution in [3.05, 3.63) is 72.3 Å². The molecule has 0 atom stereocenters. The highest BCUT2D eigenvalue weighted by Gasteiger charge is 2.09. The first kappa shape index (κ1) is 17.9. The van der Waals surface area contributed by atoms with Gasteiger partial charge < -0.3 is 9.88 Å². The van der Waals surface area contributed by atoms with Crippen LogP contribution in [0.1, 0.15) is 24.1 Å². The third-order valence-corrected chi connectivity index (χ3v) is 4.34. The summed E-state index contributed by atoms with van der Waals surface area (Å²) in [4.78, 5) is 20.7. The summed E-state index contributed by atoms with van der Waals surface area (Å²) in [5.41, 5.74) is 3.33. The van der Waals surface area contributed by atoms with Crippen LogP contribution >= 0.6 is 0 Å². The zero-order chi connectivity index (χ0) is 18.2. The van der Waals surface area contributed by atoms with Crippen molar-refractivity contribution >= 4 is 5.91 Å². The van der Waals surface area contributed by atoms with Crippen LogP contribution in [-0.4, -0.2) is 27.0 Å². The second-order valence-corrected chi connectivity index (χ2v) is 6.31. The van der Waals surface area contributed by atoms with Crippen LogP contribution in [0, 0.1) is 6.92 Å². The summed E-state index contributed by atoms with van der Waals surface area (Å²) < 4.78 is 2.11. The van der Waals surface area contributed by atoms with Crippen molar-refractivity contribution < 1.29 is 4.79 Å². The smallest absolute Gasteiger partial charge is 0.220 e. The van der Waals surface area contributed by atoms with Crippen LogP contribution in [0.25, 0.3) is 11.4 Å². The van der Waals surface area contributed by atoms with Gasteiger partial charge >= 0.3 is 0 Å². The zero-order valence-electron chi connectivity index (χ0n) is 15.1. The van der Waals surface area contributed by atoms with Crippen molar-refractivity contribution in [2.75, 3.05) is 6.54 Å². The Kier molecular flexibility index (Phi) is 6.14. The highest BCUT2D eigenvalue weighted by Crippen LogP contribution is 2.17. The van der Waals surface area contributed by atoms with Crippen LogP contribution in [0.4, 0.5) is 0 Å². The van der Waals surface area contributed by atoms with E-state index in [1.54, 1.807) is 12.4 Å². The Bertz CT molecular complexity index is 828. The molecule has 1 aromatic carbocycles. The van der Waals surface area contributed by atoms with Crippen molar-refractivity contribution in [3.63, 3.8) is 0 Å². The molecule has 0 radical (unpaired) electrons. The van der Waals surface area contributed by atoms with E-state index in [1.807, 2.05) is 43.5 Å². The van der Waals surface area contributed by atoms with E-state index in [4.69, 9.17) is 0 Å². The van der Waals surface area contributed by atoms with Gasteiger partial charge in [-0.1, -0.05) is 30.3 Å². The number of benzene rings is 1. The number of rotatable bonds is 8. The molecule has 2 aromatic heterocycles. The lowest BCUT2D eigenvalue weighted by molar-refractivity contribution is -0.121. The van der Waals surface area contributed by atoms with E-state index < -0.39 is 0 Å². The summed E-state index contributed by atoms with van der Waals surface area (Å²) in [6.07, 6.45) is 7.75. The first-order chi connectivity index (χ1) is 12.7. The third kappa shape index (κ3) is 4.79. The Hall–Kier alpha value is -2.95. The minimum absolute atomic E-state index is 0.0987. The first-order valence-corrected chi connectivity index (χ1v) is 8.97. The van der Waals surface area contributed by atoms with Crippen molar-refractivity contribution in [1.29, 1.82) is 0 Å². The number of hydrogen-bond donors (Lipinski definition) is 1. The van der Waals surface area contributed by atoms with Crippen LogP contribution in [0.2, 0.25) is 0 Å². The molecule has 3 rings (SSSR count). The number of aryl methyl sites for hydroxylation is 2. The highest BCUT2D eigenvalue weighted by atomic mass is 16.1. The number of nitrogens with one attached hydrogen (secondary N) is 1. The Balaban J connectivity index is 1.46. The van der Waals surface area contributed by atoms with Gasteiger partial charge in [0.1, 0.15) is 5.82 Å². The summed E-state index contributed by atoms with van der Waals surface area (Å²) >= 11 is 0. The molecule has 5 nitrogen and oxygen atoms in total. The Morgan fingerprint density at radius 3 is 2.73 bits per heavy atom. The largest absolute Gasteiger partial charge is 0.354 e. The molecule has 0 aliphatic carbocycles. The predicted molar refractivity (Wildman–Crippen MR) is 103 cm³/mol. The fourth-order valence-corrected chi connectivity index (χ4v) is 2.96. The number of pyridine rings is 1. The predicted octanol–water partition coefficient (Wildman–Crippen LogP) is 3.39. The van der Waals surface area contributed by atoms with Crippen LogP contribution in [0.3, 0.4) is 0 Å². The Morgan fingerprint density at radius 1 is 1.12 bits per heavy atom. The van der Waals surface area contributed by atoms with Gasteiger partial charge in [-0.15, -0.1) is 0 Å². The molecule has 0 bridgehead atoms. The number of carbonyl (C=O) groups excluding carboxylic acids is 1. The van der Waals surface area contributed by atoms with Gasteiger partial charge in [0.2, 0.25) is 5.91 Å². The molecule has 26 heavy (non-hydrogen) atoms. The lowest BCUT2D eigenvalue weighted by Crippen LogP contribution is -2.27. The SMILES string of the molecule is Cc1cnc(-c2cccnc2)n1CCNC(=O)CCCc1ccccc1. The quantitative estimate of drug-likeness (QED) is 0.679. The van der Waals surface area contributed by atoms with Gasteiger partial charge in [0.05, 0.1) is 0 Å². The molecule has 2 heterocycles. The Labute approximate surface area is 154 Å². The molecule has 0 saturated carbocycles. The molecular formula is C21H24N4O. The lowest BCUT2D eigenvalue weighted by Gasteiger charge is -2.11. The van der Waals surface area contributed by atoms with E-state index in [1.165, 1.54) is 5.56 Å². The summed E-state index contributed by atoms with van der Waals surface area (Å²) in [5.74, 6) is 0.982. The van der Waals surface area contributed by atoms with Crippen LogP contribution in [0.5, 0.6) is 0 Å². The van der Waals surface area contributed by atoms with Gasteiger partial charge in [0.15, 0.2) is 0 Å². The molecule has 134 valence electrons. The molecule has 5 heteroatoms. The number of hydrogen-bond acceptors (Lipinski definition) is 3. The van der Waals surface area contributed by atoms with Gasteiger partial charge in [-0.05, 0) is 37.5 Å². The second kappa shape index (κ2) is 8.94. The summed E-state index contributed by atoms with van der Waals surface area (Å²) in [7, 11) is 0. The average Bonchev–Trinajstić information content (AvgIpc) is 3.04. The second-order valence-electron chi connectivity index (χ2n) is 6.31. The van der Waals surface area contributed by atoms with Crippen LogP contribution < -0.4 is 5.32 Å². The van der Waals surface area contributed by atoms with Gasteiger partial charge in [0, 0.05) is 49.4 Å². The van der Waals surface area contributed by atoms with E-state index in [0.29, 0.717) is 19.5 Å².